The Morgan fingerprint density at radius 2 is 1.72 bits per heavy atom. The molecule has 0 fully saturated rings. The number of aliphatic carboxylic acids is 1. The van der Waals surface area contributed by atoms with Gasteiger partial charge in [0.15, 0.2) is 0 Å². The first kappa shape index (κ1) is 20.4. The number of carbonyl (C=O) groups is 1. The van der Waals surface area contributed by atoms with Crippen molar-refractivity contribution in [2.24, 2.45) is 0 Å². The maximum absolute atomic E-state index is 10.8. The summed E-state index contributed by atoms with van der Waals surface area (Å²) in [5.41, 5.74) is 5.96. The molecule has 4 heteroatoms. The average molecular weight is 387 g/mol. The molecule has 0 aliphatic heterocycles. The second-order valence-electron chi connectivity index (χ2n) is 6.85. The van der Waals surface area contributed by atoms with Crippen LogP contribution in [0, 0.1) is 0 Å². The quantitative estimate of drug-likeness (QED) is 0.357. The van der Waals surface area contributed by atoms with Gasteiger partial charge in [-0.3, -0.25) is 0 Å². The SMILES string of the molecule is O=C(O)/C=C/c1ccc(-c2cccc(CO)c2)c(NCCCc2ccccc2)c1. The monoisotopic (exact) mass is 387 g/mol. The molecular weight excluding hydrogens is 362 g/mol. The maximum atomic E-state index is 10.8. The number of nitrogens with one attached hydrogen (secondary N) is 1. The second-order valence-corrected chi connectivity index (χ2v) is 6.85. The van der Waals surface area contributed by atoms with E-state index in [-0.39, 0.29) is 6.61 Å². The number of carboxylic acids is 1. The number of benzene rings is 3. The fourth-order valence-corrected chi connectivity index (χ4v) is 3.23. The Hall–Kier alpha value is -3.37. The van der Waals surface area contributed by atoms with Gasteiger partial charge >= 0.3 is 5.97 Å². The molecular formula is C25H25NO3. The zero-order valence-corrected chi connectivity index (χ0v) is 16.2. The molecule has 0 spiro atoms. The summed E-state index contributed by atoms with van der Waals surface area (Å²) in [5.74, 6) is -0.970. The molecule has 3 rings (SSSR count). The Balaban J connectivity index is 1.80. The van der Waals surface area contributed by atoms with Crippen LogP contribution in [0.4, 0.5) is 5.69 Å². The van der Waals surface area contributed by atoms with Crippen molar-refractivity contribution in [2.75, 3.05) is 11.9 Å². The fourth-order valence-electron chi connectivity index (χ4n) is 3.23. The van der Waals surface area contributed by atoms with Crippen molar-refractivity contribution in [3.05, 3.63) is 95.6 Å². The lowest BCUT2D eigenvalue weighted by Gasteiger charge is -2.14. The van der Waals surface area contributed by atoms with Crippen molar-refractivity contribution in [3.63, 3.8) is 0 Å². The van der Waals surface area contributed by atoms with Crippen LogP contribution in [0.2, 0.25) is 0 Å². The first-order chi connectivity index (χ1) is 14.2. The van der Waals surface area contributed by atoms with Crippen LogP contribution in [0.1, 0.15) is 23.1 Å². The van der Waals surface area contributed by atoms with Crippen LogP contribution in [-0.4, -0.2) is 22.7 Å². The third-order valence-electron chi connectivity index (χ3n) is 4.68. The van der Waals surface area contributed by atoms with E-state index in [1.54, 1.807) is 6.08 Å². The molecule has 0 saturated carbocycles. The van der Waals surface area contributed by atoms with Gasteiger partial charge < -0.3 is 15.5 Å². The van der Waals surface area contributed by atoms with Crippen LogP contribution in [0.3, 0.4) is 0 Å². The van der Waals surface area contributed by atoms with Crippen LogP contribution in [0.25, 0.3) is 17.2 Å². The smallest absolute Gasteiger partial charge is 0.328 e. The molecule has 3 N–H and O–H groups in total. The highest BCUT2D eigenvalue weighted by Crippen LogP contribution is 2.30. The van der Waals surface area contributed by atoms with Crippen LogP contribution in [0.5, 0.6) is 0 Å². The Morgan fingerprint density at radius 3 is 2.48 bits per heavy atom. The van der Waals surface area contributed by atoms with Gasteiger partial charge in [-0.2, -0.15) is 0 Å². The van der Waals surface area contributed by atoms with Gasteiger partial charge in [0.25, 0.3) is 0 Å². The maximum Gasteiger partial charge on any atom is 0.328 e. The third-order valence-corrected chi connectivity index (χ3v) is 4.68. The molecule has 0 heterocycles. The lowest BCUT2D eigenvalue weighted by atomic mass is 9.99. The molecule has 29 heavy (non-hydrogen) atoms. The van der Waals surface area contributed by atoms with Gasteiger partial charge in [-0.15, -0.1) is 0 Å². The minimum atomic E-state index is -0.970. The van der Waals surface area contributed by atoms with Gasteiger partial charge in [0.05, 0.1) is 6.61 Å². The van der Waals surface area contributed by atoms with Crippen molar-refractivity contribution in [1.82, 2.24) is 0 Å². The number of aryl methyl sites for hydroxylation is 1. The number of hydrogen-bond donors (Lipinski definition) is 3. The van der Waals surface area contributed by atoms with Crippen LogP contribution < -0.4 is 5.32 Å². The minimum absolute atomic E-state index is 0.00683. The van der Waals surface area contributed by atoms with Gasteiger partial charge in [-0.1, -0.05) is 60.7 Å². The van der Waals surface area contributed by atoms with Crippen LogP contribution >= 0.6 is 0 Å². The predicted octanol–water partition coefficient (Wildman–Crippen LogP) is 4.99. The number of carboxylic acid groups (broad SMARTS) is 1. The number of rotatable bonds is 9. The summed E-state index contributed by atoms with van der Waals surface area (Å²) in [4.78, 5) is 10.8. The topological polar surface area (TPSA) is 69.6 Å². The fraction of sp³-hybridized carbons (Fsp3) is 0.160. The Labute approximate surface area is 171 Å². The van der Waals surface area contributed by atoms with E-state index < -0.39 is 5.97 Å². The highest BCUT2D eigenvalue weighted by Gasteiger charge is 2.07. The zero-order valence-electron chi connectivity index (χ0n) is 16.2. The van der Waals surface area contributed by atoms with E-state index in [0.717, 1.165) is 53.4 Å². The molecule has 0 saturated heterocycles. The number of hydrogen-bond acceptors (Lipinski definition) is 3. The second kappa shape index (κ2) is 10.2. The standard InChI is InChI=1S/C25H25NO3/c27-18-21-8-4-10-22(16-21)23-13-11-20(12-14-25(28)29)17-24(23)26-15-5-9-19-6-2-1-3-7-19/h1-4,6-8,10-14,16-17,26-27H,5,9,15,18H2,(H,28,29)/b14-12+. The molecule has 148 valence electrons. The van der Waals surface area contributed by atoms with Gasteiger partial charge in [0, 0.05) is 23.9 Å². The number of aliphatic hydroxyl groups excluding tert-OH is 1. The molecule has 0 bridgehead atoms. The van der Waals surface area contributed by atoms with Gasteiger partial charge in [-0.05, 0) is 53.3 Å². The van der Waals surface area contributed by atoms with E-state index in [1.165, 1.54) is 5.56 Å². The lowest BCUT2D eigenvalue weighted by Crippen LogP contribution is -2.04. The normalized spacial score (nSPS) is 10.9. The number of anilines is 1. The molecule has 3 aromatic carbocycles. The summed E-state index contributed by atoms with van der Waals surface area (Å²) >= 11 is 0. The molecule has 0 radical (unpaired) electrons. The molecule has 3 aromatic rings. The summed E-state index contributed by atoms with van der Waals surface area (Å²) in [6.07, 6.45) is 4.70. The summed E-state index contributed by atoms with van der Waals surface area (Å²) in [6.45, 7) is 0.792. The largest absolute Gasteiger partial charge is 0.478 e. The van der Waals surface area contributed by atoms with Crippen molar-refractivity contribution in [3.8, 4) is 11.1 Å². The van der Waals surface area contributed by atoms with Crippen molar-refractivity contribution in [2.45, 2.75) is 19.4 Å². The van der Waals surface area contributed by atoms with Crippen molar-refractivity contribution < 1.29 is 15.0 Å². The van der Waals surface area contributed by atoms with Gasteiger partial charge in [-0.25, -0.2) is 4.79 Å². The van der Waals surface area contributed by atoms with E-state index in [2.05, 4.69) is 17.4 Å². The van der Waals surface area contributed by atoms with E-state index in [0.29, 0.717) is 0 Å². The summed E-state index contributed by atoms with van der Waals surface area (Å²) in [5, 5.41) is 21.8. The van der Waals surface area contributed by atoms with E-state index in [4.69, 9.17) is 5.11 Å². The predicted molar refractivity (Wildman–Crippen MR) is 118 cm³/mol. The molecule has 0 atom stereocenters. The minimum Gasteiger partial charge on any atom is -0.478 e. The van der Waals surface area contributed by atoms with Crippen molar-refractivity contribution in [1.29, 1.82) is 0 Å². The van der Waals surface area contributed by atoms with Gasteiger partial charge in [0.2, 0.25) is 0 Å². The molecule has 0 aliphatic rings. The summed E-state index contributed by atoms with van der Waals surface area (Å²) in [7, 11) is 0. The van der Waals surface area contributed by atoms with E-state index >= 15 is 0 Å². The first-order valence-corrected chi connectivity index (χ1v) is 9.69. The third kappa shape index (κ3) is 6.06. The molecule has 0 amide bonds. The first-order valence-electron chi connectivity index (χ1n) is 9.69. The lowest BCUT2D eigenvalue weighted by molar-refractivity contribution is -0.131. The van der Waals surface area contributed by atoms with Crippen molar-refractivity contribution >= 4 is 17.7 Å². The average Bonchev–Trinajstić information content (AvgIpc) is 2.76. The molecule has 0 unspecified atom stereocenters. The summed E-state index contributed by atoms with van der Waals surface area (Å²) < 4.78 is 0. The Kier molecular flexibility index (Phi) is 7.20. The molecule has 0 aliphatic carbocycles. The molecule has 4 nitrogen and oxygen atoms in total. The zero-order chi connectivity index (χ0) is 20.5. The highest BCUT2D eigenvalue weighted by molar-refractivity contribution is 5.87. The highest BCUT2D eigenvalue weighted by atomic mass is 16.4. The Morgan fingerprint density at radius 1 is 0.931 bits per heavy atom. The van der Waals surface area contributed by atoms with Crippen LogP contribution in [-0.2, 0) is 17.8 Å². The Bertz CT molecular complexity index is 980. The van der Waals surface area contributed by atoms with Gasteiger partial charge in [0.1, 0.15) is 0 Å². The van der Waals surface area contributed by atoms with Crippen LogP contribution in [0.15, 0.2) is 78.9 Å². The summed E-state index contributed by atoms with van der Waals surface area (Å²) in [6, 6.07) is 24.0. The molecule has 0 aromatic heterocycles. The van der Waals surface area contributed by atoms with E-state index in [1.807, 2.05) is 60.7 Å². The number of aliphatic hydroxyl groups is 1. The van der Waals surface area contributed by atoms with E-state index in [9.17, 15) is 9.90 Å².